The smallest absolute Gasteiger partial charge is 0.336 e. The van der Waals surface area contributed by atoms with E-state index < -0.39 is 34.6 Å². The first-order valence-electron chi connectivity index (χ1n) is 7.30. The minimum atomic E-state index is -1.52. The minimum Gasteiger partial charge on any atom is -0.496 e. The lowest BCUT2D eigenvalue weighted by Gasteiger charge is -2.22. The van der Waals surface area contributed by atoms with E-state index >= 15 is 0 Å². The molecular formula is C18H12O8. The molecule has 0 atom stereocenters. The van der Waals surface area contributed by atoms with Crippen LogP contribution in [0.2, 0.25) is 0 Å². The third-order valence-electron chi connectivity index (χ3n) is 4.13. The van der Waals surface area contributed by atoms with Crippen molar-refractivity contribution in [2.24, 2.45) is 0 Å². The maximum atomic E-state index is 12.9. The predicted molar refractivity (Wildman–Crippen MR) is 86.8 cm³/mol. The summed E-state index contributed by atoms with van der Waals surface area (Å²) in [7, 11) is 2.65. The van der Waals surface area contributed by atoms with E-state index in [4.69, 9.17) is 9.47 Å². The molecule has 8 heteroatoms. The molecule has 1 aliphatic carbocycles. The number of hydrogen-bond donors (Lipinski definition) is 2. The monoisotopic (exact) mass is 356 g/mol. The van der Waals surface area contributed by atoms with Gasteiger partial charge in [0.1, 0.15) is 11.5 Å². The maximum Gasteiger partial charge on any atom is 0.336 e. The van der Waals surface area contributed by atoms with Crippen LogP contribution in [-0.4, -0.2) is 47.9 Å². The quantitative estimate of drug-likeness (QED) is 0.725. The van der Waals surface area contributed by atoms with Crippen LogP contribution in [0, 0.1) is 0 Å². The molecule has 2 aromatic carbocycles. The first-order chi connectivity index (χ1) is 12.3. The number of fused-ring (bicyclic) bond motifs is 2. The predicted octanol–water partition coefficient (Wildman–Crippen LogP) is 1.88. The zero-order chi connectivity index (χ0) is 19.2. The summed E-state index contributed by atoms with van der Waals surface area (Å²) in [6.07, 6.45) is 0. The van der Waals surface area contributed by atoms with Gasteiger partial charge < -0.3 is 19.7 Å². The summed E-state index contributed by atoms with van der Waals surface area (Å²) in [6, 6.07) is 4.72. The lowest BCUT2D eigenvalue weighted by Crippen LogP contribution is -2.24. The van der Waals surface area contributed by atoms with Crippen LogP contribution in [0.3, 0.4) is 0 Å². The van der Waals surface area contributed by atoms with E-state index in [1.807, 2.05) is 0 Å². The molecule has 0 aromatic heterocycles. The highest BCUT2D eigenvalue weighted by molar-refractivity contribution is 6.31. The van der Waals surface area contributed by atoms with Gasteiger partial charge in [-0.2, -0.15) is 0 Å². The molecule has 0 unspecified atom stereocenters. The van der Waals surface area contributed by atoms with Crippen molar-refractivity contribution in [2.75, 3.05) is 14.2 Å². The van der Waals surface area contributed by atoms with Crippen molar-refractivity contribution in [3.05, 3.63) is 57.6 Å². The topological polar surface area (TPSA) is 127 Å². The summed E-state index contributed by atoms with van der Waals surface area (Å²) in [4.78, 5) is 48.6. The third-order valence-corrected chi connectivity index (χ3v) is 4.13. The molecular weight excluding hydrogens is 344 g/mol. The van der Waals surface area contributed by atoms with Gasteiger partial charge in [-0.05, 0) is 24.3 Å². The van der Waals surface area contributed by atoms with Gasteiger partial charge in [-0.15, -0.1) is 0 Å². The van der Waals surface area contributed by atoms with E-state index in [1.165, 1.54) is 26.4 Å². The van der Waals surface area contributed by atoms with Gasteiger partial charge in [0.25, 0.3) is 0 Å². The molecule has 1 aliphatic rings. The molecule has 3 rings (SSSR count). The first kappa shape index (κ1) is 17.2. The Morgan fingerprint density at radius 3 is 1.38 bits per heavy atom. The molecule has 132 valence electrons. The van der Waals surface area contributed by atoms with E-state index in [0.717, 1.165) is 12.1 Å². The van der Waals surface area contributed by atoms with Gasteiger partial charge in [-0.25, -0.2) is 9.59 Å². The molecule has 26 heavy (non-hydrogen) atoms. The average molecular weight is 356 g/mol. The second-order valence-corrected chi connectivity index (χ2v) is 5.43. The Kier molecular flexibility index (Phi) is 3.96. The number of carbonyl (C=O) groups excluding carboxylic acids is 2. The number of carbonyl (C=O) groups is 4. The second-order valence-electron chi connectivity index (χ2n) is 5.43. The zero-order valence-corrected chi connectivity index (χ0v) is 13.7. The van der Waals surface area contributed by atoms with Gasteiger partial charge in [0.2, 0.25) is 0 Å². The number of carboxylic acids is 2. The molecule has 2 N–H and O–H groups in total. The summed E-state index contributed by atoms with van der Waals surface area (Å²) >= 11 is 0. The van der Waals surface area contributed by atoms with Crippen LogP contribution in [0.15, 0.2) is 24.3 Å². The van der Waals surface area contributed by atoms with E-state index in [-0.39, 0.29) is 33.8 Å². The highest BCUT2D eigenvalue weighted by atomic mass is 16.5. The van der Waals surface area contributed by atoms with Gasteiger partial charge in [-0.3, -0.25) is 9.59 Å². The largest absolute Gasteiger partial charge is 0.496 e. The maximum absolute atomic E-state index is 12.9. The Bertz CT molecular complexity index is 923. The lowest BCUT2D eigenvalue weighted by atomic mass is 9.81. The van der Waals surface area contributed by atoms with Gasteiger partial charge in [0, 0.05) is 11.1 Å². The Morgan fingerprint density at radius 1 is 0.769 bits per heavy atom. The molecule has 0 saturated heterocycles. The van der Waals surface area contributed by atoms with Gasteiger partial charge in [0.05, 0.1) is 36.5 Å². The van der Waals surface area contributed by atoms with Crippen molar-refractivity contribution >= 4 is 23.5 Å². The van der Waals surface area contributed by atoms with Crippen LogP contribution < -0.4 is 9.47 Å². The summed E-state index contributed by atoms with van der Waals surface area (Å²) in [5, 5.41) is 18.5. The normalized spacial score (nSPS) is 12.2. The summed E-state index contributed by atoms with van der Waals surface area (Å²) < 4.78 is 10.3. The highest BCUT2D eigenvalue weighted by Crippen LogP contribution is 2.39. The van der Waals surface area contributed by atoms with Crippen molar-refractivity contribution in [3.63, 3.8) is 0 Å². The van der Waals surface area contributed by atoms with Crippen LogP contribution in [0.4, 0.5) is 0 Å². The molecule has 0 aliphatic heterocycles. The van der Waals surface area contributed by atoms with Crippen LogP contribution in [0.1, 0.15) is 52.6 Å². The van der Waals surface area contributed by atoms with E-state index in [2.05, 4.69) is 0 Å². The molecule has 0 heterocycles. The molecule has 0 fully saturated rings. The number of ketones is 2. The van der Waals surface area contributed by atoms with Crippen LogP contribution >= 0.6 is 0 Å². The van der Waals surface area contributed by atoms with Crippen molar-refractivity contribution in [1.82, 2.24) is 0 Å². The Morgan fingerprint density at radius 2 is 1.12 bits per heavy atom. The molecule has 0 amide bonds. The van der Waals surface area contributed by atoms with Crippen LogP contribution in [-0.2, 0) is 0 Å². The Hall–Kier alpha value is -3.68. The SMILES string of the molecule is COc1ccc(OC)c2c1C(=O)c1cc(C(=O)O)c(C(=O)O)cc1C2=O. The number of rotatable bonds is 4. The minimum absolute atomic E-state index is 0.0521. The average Bonchev–Trinajstić information content (AvgIpc) is 2.63. The van der Waals surface area contributed by atoms with Gasteiger partial charge >= 0.3 is 11.9 Å². The van der Waals surface area contributed by atoms with E-state index in [1.54, 1.807) is 0 Å². The van der Waals surface area contributed by atoms with Gasteiger partial charge in [-0.1, -0.05) is 0 Å². The molecule has 0 spiro atoms. The van der Waals surface area contributed by atoms with Crippen molar-refractivity contribution in [1.29, 1.82) is 0 Å². The van der Waals surface area contributed by atoms with Crippen LogP contribution in [0.5, 0.6) is 11.5 Å². The van der Waals surface area contributed by atoms with E-state index in [0.29, 0.717) is 0 Å². The molecule has 2 aromatic rings. The fourth-order valence-corrected chi connectivity index (χ4v) is 2.95. The third kappa shape index (κ3) is 2.31. The number of benzene rings is 2. The van der Waals surface area contributed by atoms with E-state index in [9.17, 15) is 29.4 Å². The standard InChI is InChI=1S/C18H12O8/c1-25-11-3-4-12(26-2)14-13(11)15(19)7-5-9(17(21)22)10(18(23)24)6-8(7)16(14)20/h3-6H,1-2H3,(H,21,22)(H,23,24). The fraction of sp³-hybridized carbons (Fsp3) is 0.111. The first-order valence-corrected chi connectivity index (χ1v) is 7.30. The number of carboxylic acid groups (broad SMARTS) is 2. The highest BCUT2D eigenvalue weighted by Gasteiger charge is 2.37. The molecule has 0 bridgehead atoms. The molecule has 8 nitrogen and oxygen atoms in total. The second kappa shape index (κ2) is 5.99. The summed E-state index contributed by atoms with van der Waals surface area (Å²) in [5.74, 6) is -4.08. The summed E-state index contributed by atoms with van der Waals surface area (Å²) in [5.41, 5.74) is -1.66. The fourth-order valence-electron chi connectivity index (χ4n) is 2.95. The Balaban J connectivity index is 2.38. The zero-order valence-electron chi connectivity index (χ0n) is 13.7. The van der Waals surface area contributed by atoms with Crippen LogP contribution in [0.25, 0.3) is 0 Å². The van der Waals surface area contributed by atoms with Gasteiger partial charge in [0.15, 0.2) is 11.6 Å². The van der Waals surface area contributed by atoms with Crippen molar-refractivity contribution in [2.45, 2.75) is 0 Å². The number of methoxy groups -OCH3 is 2. The lowest BCUT2D eigenvalue weighted by molar-refractivity contribution is 0.0651. The number of aromatic carboxylic acids is 2. The van der Waals surface area contributed by atoms with Crippen molar-refractivity contribution < 1.29 is 38.9 Å². The molecule has 0 radical (unpaired) electrons. The number of hydrogen-bond acceptors (Lipinski definition) is 6. The Labute approximate surface area is 146 Å². The van der Waals surface area contributed by atoms with Crippen molar-refractivity contribution in [3.8, 4) is 11.5 Å². The number of ether oxygens (including phenoxy) is 2. The summed E-state index contributed by atoms with van der Waals surface area (Å²) in [6.45, 7) is 0. The molecule has 0 saturated carbocycles.